The van der Waals surface area contributed by atoms with Gasteiger partial charge in [-0.1, -0.05) is 54.6 Å². The van der Waals surface area contributed by atoms with Gasteiger partial charge in [0.1, 0.15) is 49.7 Å². The molecule has 0 aliphatic heterocycles. The molecule has 0 atom stereocenters. The van der Waals surface area contributed by atoms with Gasteiger partial charge < -0.3 is 20.4 Å². The second kappa shape index (κ2) is 19.2. The maximum absolute atomic E-state index is 12.6. The highest BCUT2D eigenvalue weighted by atomic mass is 32.2. The van der Waals surface area contributed by atoms with Gasteiger partial charge in [-0.05, 0) is 114 Å². The molecule has 8 rings (SSSR count). The van der Waals surface area contributed by atoms with Gasteiger partial charge in [-0.25, -0.2) is 0 Å². The molecule has 7 N–H and O–H groups in total. The first kappa shape index (κ1) is 49.0. The van der Waals surface area contributed by atoms with Crippen LogP contribution in [0.3, 0.4) is 0 Å². The van der Waals surface area contributed by atoms with Crippen molar-refractivity contribution in [3.05, 3.63) is 150 Å². The summed E-state index contributed by atoms with van der Waals surface area (Å²) in [5.41, 5.74) is 2.27. The molecule has 0 radical (unpaired) electrons. The van der Waals surface area contributed by atoms with Crippen molar-refractivity contribution in [2.24, 2.45) is 40.9 Å². The molecular weight excluding hydrogens is 981 g/mol. The van der Waals surface area contributed by atoms with Crippen LogP contribution in [-0.2, 0) is 36.8 Å². The van der Waals surface area contributed by atoms with Crippen molar-refractivity contribution in [2.75, 3.05) is 0 Å². The molecule has 0 aliphatic carbocycles. The van der Waals surface area contributed by atoms with Crippen LogP contribution < -0.4 is 0 Å². The Kier molecular flexibility index (Phi) is 13.3. The molecule has 0 spiro atoms. The highest BCUT2D eigenvalue weighted by molar-refractivity contribution is 7.86. The molecule has 8 aromatic rings. The molecule has 0 saturated carbocycles. The summed E-state index contributed by atoms with van der Waals surface area (Å²) in [4.78, 5) is -1.53. The summed E-state index contributed by atoms with van der Waals surface area (Å²) in [5, 5.41) is 77.5. The number of phenolic OH excluding ortho intramolecular Hbond substituents is 4. The number of nitrogens with zero attached hydrogens (tertiary/aromatic N) is 8. The Hall–Kier alpha value is -8.39. The number of aromatic hydroxyl groups is 4. The second-order valence-corrected chi connectivity index (χ2v) is 19.9. The third kappa shape index (κ3) is 10.9. The van der Waals surface area contributed by atoms with Crippen LogP contribution in [0.1, 0.15) is 22.3 Å². The first-order valence-corrected chi connectivity index (χ1v) is 24.8. The van der Waals surface area contributed by atoms with E-state index in [9.17, 15) is 59.3 Å². The Labute approximate surface area is 403 Å². The molecular formula is C47H36N8O13S3. The van der Waals surface area contributed by atoms with E-state index in [4.69, 9.17) is 0 Å². The molecule has 21 nitrogen and oxygen atoms in total. The number of aryl methyl sites for hydroxylation is 2. The summed E-state index contributed by atoms with van der Waals surface area (Å²) >= 11 is 0. The van der Waals surface area contributed by atoms with Crippen LogP contribution in [0.5, 0.6) is 23.0 Å². The number of hydrogen-bond donors (Lipinski definition) is 7. The fourth-order valence-corrected chi connectivity index (χ4v) is 8.93. The minimum atomic E-state index is -5.00. The van der Waals surface area contributed by atoms with Gasteiger partial charge in [-0.3, -0.25) is 13.7 Å². The average molecular weight is 1020 g/mol. The van der Waals surface area contributed by atoms with Crippen LogP contribution in [-0.4, -0.2) is 59.3 Å². The Morgan fingerprint density at radius 2 is 0.915 bits per heavy atom. The van der Waals surface area contributed by atoms with E-state index in [0.29, 0.717) is 33.9 Å². The van der Waals surface area contributed by atoms with Crippen LogP contribution >= 0.6 is 0 Å². The van der Waals surface area contributed by atoms with Gasteiger partial charge in [0, 0.05) is 22.9 Å². The lowest BCUT2D eigenvalue weighted by Crippen LogP contribution is -1.99. The van der Waals surface area contributed by atoms with E-state index in [1.54, 1.807) is 50.2 Å². The SMILES string of the molecule is Cc1cc(N=Nc2c(S(=O)(=O)O)cc3cc(Cc4ccc5c(O)c(N=Nc6cc(C)c(N=Nc7ccccc7S(=O)(=O)O)cc6O)ccc5c4)ccc3c2O)c(O)cc1N=Nc1ccc(S(=O)(=O)O)cc1. The van der Waals surface area contributed by atoms with Crippen molar-refractivity contribution in [3.63, 3.8) is 0 Å². The van der Waals surface area contributed by atoms with Crippen LogP contribution in [0.2, 0.25) is 0 Å². The van der Waals surface area contributed by atoms with Gasteiger partial charge in [0.05, 0.1) is 22.0 Å². The highest BCUT2D eigenvalue weighted by Gasteiger charge is 2.23. The molecule has 0 amide bonds. The zero-order valence-electron chi connectivity index (χ0n) is 36.7. The summed E-state index contributed by atoms with van der Waals surface area (Å²) < 4.78 is 100. The van der Waals surface area contributed by atoms with E-state index < -0.39 is 57.3 Å². The number of hydrogen-bond acceptors (Lipinski definition) is 18. The van der Waals surface area contributed by atoms with Gasteiger partial charge in [0.2, 0.25) is 0 Å². The molecule has 0 aromatic heterocycles. The van der Waals surface area contributed by atoms with Crippen molar-refractivity contribution >= 4 is 97.4 Å². The maximum Gasteiger partial charge on any atom is 0.296 e. The summed E-state index contributed by atoms with van der Waals surface area (Å²) in [6.07, 6.45) is 0.313. The van der Waals surface area contributed by atoms with Crippen LogP contribution in [0.25, 0.3) is 21.5 Å². The van der Waals surface area contributed by atoms with E-state index in [-0.39, 0.29) is 67.0 Å². The largest absolute Gasteiger partial charge is 0.506 e. The minimum absolute atomic E-state index is 0.0386. The van der Waals surface area contributed by atoms with Crippen molar-refractivity contribution in [1.29, 1.82) is 0 Å². The van der Waals surface area contributed by atoms with Gasteiger partial charge in [-0.2, -0.15) is 40.6 Å². The Morgan fingerprint density at radius 3 is 1.51 bits per heavy atom. The summed E-state index contributed by atoms with van der Waals surface area (Å²) in [5.74, 6) is -1.60. The quantitative estimate of drug-likeness (QED) is 0.0418. The fraction of sp³-hybridized carbons (Fsp3) is 0.0638. The fourth-order valence-electron chi connectivity index (χ4n) is 7.17. The number of phenols is 4. The lowest BCUT2D eigenvalue weighted by molar-refractivity contribution is 0.471. The van der Waals surface area contributed by atoms with E-state index in [0.717, 1.165) is 23.8 Å². The molecule has 0 heterocycles. The summed E-state index contributed by atoms with van der Waals surface area (Å²) in [6, 6.07) is 30.1. The van der Waals surface area contributed by atoms with Crippen LogP contribution in [0.15, 0.2) is 183 Å². The van der Waals surface area contributed by atoms with Gasteiger partial charge in [0.25, 0.3) is 30.4 Å². The van der Waals surface area contributed by atoms with E-state index in [1.165, 1.54) is 66.7 Å². The molecule has 0 saturated heterocycles. The molecule has 0 aliphatic rings. The molecule has 0 bridgehead atoms. The first-order chi connectivity index (χ1) is 33.5. The number of benzene rings is 8. The Bertz CT molecular complexity index is 3960. The van der Waals surface area contributed by atoms with E-state index in [2.05, 4.69) is 40.9 Å². The van der Waals surface area contributed by atoms with Gasteiger partial charge in [-0.15, -0.1) is 25.6 Å². The van der Waals surface area contributed by atoms with Gasteiger partial charge in [0.15, 0.2) is 11.5 Å². The predicted octanol–water partition coefficient (Wildman–Crippen LogP) is 12.4. The van der Waals surface area contributed by atoms with Crippen molar-refractivity contribution in [2.45, 2.75) is 35.0 Å². The second-order valence-electron chi connectivity index (χ2n) is 15.7. The Balaban J connectivity index is 0.994. The zero-order chi connectivity index (χ0) is 51.0. The number of rotatable bonds is 13. The standard InChI is InChI=1S/C47H36N8O13S3/c1-25-18-40(42(57)23-37(25)51-48-31-10-12-32(13-11-31)69(60,61)62)54-55-45-44(71(66,67)68)22-30-21-28(8-15-34(30)47(45)59)19-27-7-14-33-29(20-27)9-16-36(46(33)58)50-53-39-17-26(2)38(24-41(39)56)52-49-35-5-3-4-6-43(35)70(63,64)65/h3-18,20-24,56-59H,19H2,1-2H3,(H,60,61,62)(H,63,64,65)(H,66,67,68). The lowest BCUT2D eigenvalue weighted by Gasteiger charge is -2.11. The number of fused-ring (bicyclic) bond motifs is 2. The minimum Gasteiger partial charge on any atom is -0.506 e. The molecule has 24 heteroatoms. The molecule has 0 fully saturated rings. The third-order valence-corrected chi connectivity index (χ3v) is 13.4. The van der Waals surface area contributed by atoms with Crippen LogP contribution in [0, 0.1) is 13.8 Å². The van der Waals surface area contributed by atoms with Crippen LogP contribution in [0.4, 0.5) is 45.5 Å². The third-order valence-electron chi connectivity index (χ3n) is 10.8. The monoisotopic (exact) mass is 1020 g/mol. The van der Waals surface area contributed by atoms with Gasteiger partial charge >= 0.3 is 0 Å². The average Bonchev–Trinajstić information content (AvgIpc) is 3.31. The van der Waals surface area contributed by atoms with E-state index >= 15 is 0 Å². The number of azo groups is 4. The topological polar surface area (TPSA) is 343 Å². The summed E-state index contributed by atoms with van der Waals surface area (Å²) in [6.45, 7) is 3.26. The molecule has 360 valence electrons. The van der Waals surface area contributed by atoms with Crippen molar-refractivity contribution in [1.82, 2.24) is 0 Å². The highest BCUT2D eigenvalue weighted by Crippen LogP contribution is 2.44. The molecule has 71 heavy (non-hydrogen) atoms. The maximum atomic E-state index is 12.6. The lowest BCUT2D eigenvalue weighted by atomic mass is 9.98. The van der Waals surface area contributed by atoms with Crippen molar-refractivity contribution in [3.8, 4) is 23.0 Å². The Morgan fingerprint density at radius 1 is 0.408 bits per heavy atom. The van der Waals surface area contributed by atoms with E-state index in [1.807, 2.05) is 6.07 Å². The molecule has 0 unspecified atom stereocenters. The summed E-state index contributed by atoms with van der Waals surface area (Å²) in [7, 11) is -14.0. The smallest absolute Gasteiger partial charge is 0.296 e. The predicted molar refractivity (Wildman–Crippen MR) is 259 cm³/mol. The zero-order valence-corrected chi connectivity index (χ0v) is 39.2. The molecule has 8 aromatic carbocycles. The van der Waals surface area contributed by atoms with Crippen molar-refractivity contribution < 1.29 is 59.3 Å². The normalized spacial score (nSPS) is 12.7. The first-order valence-electron chi connectivity index (χ1n) is 20.5.